The molecule has 2 heterocycles. The molecular weight excluding hydrogens is 325 g/mol. The molecule has 0 aliphatic rings. The van der Waals surface area contributed by atoms with Crippen molar-refractivity contribution in [1.82, 2.24) is 9.97 Å². The van der Waals surface area contributed by atoms with Crippen LogP contribution in [0.4, 0.5) is 10.2 Å². The Morgan fingerprint density at radius 3 is 2.75 bits per heavy atom. The average Bonchev–Trinajstić information content (AvgIpc) is 2.83. The van der Waals surface area contributed by atoms with Crippen LogP contribution < -0.4 is 5.32 Å². The molecular formula is C19H23ClFN3. The number of aryl methyl sites for hydroxylation is 3. The minimum Gasteiger partial charge on any atom is -0.364 e. The lowest BCUT2D eigenvalue weighted by Crippen LogP contribution is -2.03. The quantitative estimate of drug-likeness (QED) is 0.657. The molecule has 2 N–H and O–H groups in total. The van der Waals surface area contributed by atoms with Crippen LogP contribution >= 0.6 is 12.4 Å². The van der Waals surface area contributed by atoms with Gasteiger partial charge in [0.05, 0.1) is 5.52 Å². The summed E-state index contributed by atoms with van der Waals surface area (Å²) < 4.78 is 13.3. The van der Waals surface area contributed by atoms with Gasteiger partial charge < -0.3 is 10.3 Å². The molecule has 0 atom stereocenters. The van der Waals surface area contributed by atoms with E-state index in [0.29, 0.717) is 6.54 Å². The summed E-state index contributed by atoms with van der Waals surface area (Å²) in [7, 11) is 0. The van der Waals surface area contributed by atoms with Crippen LogP contribution in [0.5, 0.6) is 0 Å². The van der Waals surface area contributed by atoms with Gasteiger partial charge in [-0.2, -0.15) is 0 Å². The van der Waals surface area contributed by atoms with Crippen LogP contribution in [-0.4, -0.2) is 9.97 Å². The van der Waals surface area contributed by atoms with E-state index in [2.05, 4.69) is 36.1 Å². The van der Waals surface area contributed by atoms with E-state index in [0.717, 1.165) is 29.7 Å². The van der Waals surface area contributed by atoms with Crippen molar-refractivity contribution >= 4 is 29.1 Å². The first-order valence-electron chi connectivity index (χ1n) is 8.05. The fourth-order valence-electron chi connectivity index (χ4n) is 2.99. The molecule has 128 valence electrons. The van der Waals surface area contributed by atoms with Gasteiger partial charge in [0.1, 0.15) is 5.82 Å². The number of H-pyrrole nitrogens is 1. The Morgan fingerprint density at radius 1 is 1.25 bits per heavy atom. The maximum absolute atomic E-state index is 13.3. The van der Waals surface area contributed by atoms with Gasteiger partial charge in [-0.1, -0.05) is 25.5 Å². The topological polar surface area (TPSA) is 40.7 Å². The fourth-order valence-corrected chi connectivity index (χ4v) is 2.99. The molecule has 24 heavy (non-hydrogen) atoms. The van der Waals surface area contributed by atoms with Gasteiger partial charge in [0.25, 0.3) is 0 Å². The summed E-state index contributed by atoms with van der Waals surface area (Å²) in [5.74, 6) is 0.604. The summed E-state index contributed by atoms with van der Waals surface area (Å²) in [5, 5.41) is 4.60. The zero-order valence-electron chi connectivity index (χ0n) is 14.2. The van der Waals surface area contributed by atoms with Crippen molar-refractivity contribution in [2.45, 2.75) is 40.2 Å². The minimum absolute atomic E-state index is 0. The standard InChI is InChI=1S/C19H22FN3.ClH/c1-4-6-15-11-22-19(18-17(15)12(2)13(3)23-18)21-10-14-7-5-8-16(20)9-14;/h5,7-9,11,23H,4,6,10H2,1-3H3,(H,21,22);1H. The molecule has 0 saturated heterocycles. The van der Waals surface area contributed by atoms with E-state index < -0.39 is 0 Å². The number of benzene rings is 1. The summed E-state index contributed by atoms with van der Waals surface area (Å²) in [4.78, 5) is 8.02. The third-order valence-electron chi connectivity index (χ3n) is 4.28. The van der Waals surface area contributed by atoms with Crippen molar-refractivity contribution in [3.8, 4) is 0 Å². The van der Waals surface area contributed by atoms with E-state index in [1.165, 1.54) is 28.3 Å². The SMILES string of the molecule is CCCc1cnc(NCc2cccc(F)c2)c2[nH]c(C)c(C)c12.Cl. The number of fused-ring (bicyclic) bond motifs is 1. The predicted molar refractivity (Wildman–Crippen MR) is 101 cm³/mol. The van der Waals surface area contributed by atoms with E-state index in [4.69, 9.17) is 0 Å². The number of pyridine rings is 1. The molecule has 0 radical (unpaired) electrons. The lowest BCUT2D eigenvalue weighted by atomic mass is 10.0. The molecule has 1 aromatic carbocycles. The Labute approximate surface area is 148 Å². The van der Waals surface area contributed by atoms with Crippen LogP contribution in [-0.2, 0) is 13.0 Å². The van der Waals surface area contributed by atoms with E-state index >= 15 is 0 Å². The van der Waals surface area contributed by atoms with Crippen LogP contribution in [0, 0.1) is 19.7 Å². The normalized spacial score (nSPS) is 10.7. The average molecular weight is 348 g/mol. The number of halogens is 2. The minimum atomic E-state index is -0.215. The van der Waals surface area contributed by atoms with Crippen molar-refractivity contribution in [1.29, 1.82) is 0 Å². The second-order valence-electron chi connectivity index (χ2n) is 5.99. The second-order valence-corrected chi connectivity index (χ2v) is 5.99. The van der Waals surface area contributed by atoms with Crippen molar-refractivity contribution in [3.05, 3.63) is 58.7 Å². The predicted octanol–water partition coefficient (Wildman–Crippen LogP) is 5.31. The number of hydrogen-bond acceptors (Lipinski definition) is 2. The Balaban J connectivity index is 0.00000208. The third-order valence-corrected chi connectivity index (χ3v) is 4.28. The van der Waals surface area contributed by atoms with Crippen molar-refractivity contribution in [3.63, 3.8) is 0 Å². The second kappa shape index (κ2) is 7.67. The molecule has 0 spiro atoms. The zero-order valence-corrected chi connectivity index (χ0v) is 15.1. The number of nitrogens with one attached hydrogen (secondary N) is 2. The fraction of sp³-hybridized carbons (Fsp3) is 0.316. The van der Waals surface area contributed by atoms with E-state index in [1.54, 1.807) is 12.1 Å². The maximum atomic E-state index is 13.3. The number of aromatic amines is 1. The van der Waals surface area contributed by atoms with E-state index in [-0.39, 0.29) is 18.2 Å². The molecule has 5 heteroatoms. The molecule has 0 fully saturated rings. The van der Waals surface area contributed by atoms with Crippen molar-refractivity contribution < 1.29 is 4.39 Å². The van der Waals surface area contributed by atoms with E-state index in [1.807, 2.05) is 12.3 Å². The van der Waals surface area contributed by atoms with Crippen LogP contribution in [0.25, 0.3) is 10.9 Å². The molecule has 3 rings (SSSR count). The van der Waals surface area contributed by atoms with Gasteiger partial charge in [-0.25, -0.2) is 9.37 Å². The van der Waals surface area contributed by atoms with Gasteiger partial charge in [-0.05, 0) is 49.1 Å². The lowest BCUT2D eigenvalue weighted by molar-refractivity contribution is 0.626. The van der Waals surface area contributed by atoms with Gasteiger partial charge in [-0.15, -0.1) is 12.4 Å². The largest absolute Gasteiger partial charge is 0.364 e. The summed E-state index contributed by atoms with van der Waals surface area (Å²) in [5.41, 5.74) is 5.67. The van der Waals surface area contributed by atoms with Crippen LogP contribution in [0.1, 0.15) is 35.7 Å². The highest BCUT2D eigenvalue weighted by atomic mass is 35.5. The molecule has 0 aliphatic carbocycles. The van der Waals surface area contributed by atoms with Gasteiger partial charge in [0.15, 0.2) is 5.82 Å². The Morgan fingerprint density at radius 2 is 2.04 bits per heavy atom. The molecule has 3 aromatic rings. The third kappa shape index (κ3) is 3.54. The van der Waals surface area contributed by atoms with Gasteiger partial charge in [0, 0.05) is 23.8 Å². The van der Waals surface area contributed by atoms with Crippen molar-refractivity contribution in [2.24, 2.45) is 0 Å². The van der Waals surface area contributed by atoms with Gasteiger partial charge >= 0.3 is 0 Å². The van der Waals surface area contributed by atoms with Gasteiger partial charge in [-0.3, -0.25) is 0 Å². The monoisotopic (exact) mass is 347 g/mol. The highest BCUT2D eigenvalue weighted by Crippen LogP contribution is 2.30. The summed E-state index contributed by atoms with van der Waals surface area (Å²) >= 11 is 0. The maximum Gasteiger partial charge on any atom is 0.150 e. The van der Waals surface area contributed by atoms with Crippen LogP contribution in [0.2, 0.25) is 0 Å². The Bertz CT molecular complexity index is 842. The number of nitrogens with zero attached hydrogens (tertiary/aromatic N) is 1. The number of rotatable bonds is 5. The highest BCUT2D eigenvalue weighted by molar-refractivity contribution is 5.94. The Kier molecular flexibility index (Phi) is 5.84. The number of aromatic nitrogens is 2. The smallest absolute Gasteiger partial charge is 0.150 e. The number of hydrogen-bond donors (Lipinski definition) is 2. The molecule has 3 nitrogen and oxygen atoms in total. The van der Waals surface area contributed by atoms with E-state index in [9.17, 15) is 4.39 Å². The Hall–Kier alpha value is -2.07. The van der Waals surface area contributed by atoms with Crippen LogP contribution in [0.3, 0.4) is 0 Å². The highest BCUT2D eigenvalue weighted by Gasteiger charge is 2.13. The number of anilines is 1. The molecule has 0 saturated carbocycles. The first-order valence-corrected chi connectivity index (χ1v) is 8.05. The zero-order chi connectivity index (χ0) is 16.4. The molecule has 0 bridgehead atoms. The van der Waals surface area contributed by atoms with Crippen molar-refractivity contribution in [2.75, 3.05) is 5.32 Å². The molecule has 2 aromatic heterocycles. The molecule has 0 aliphatic heterocycles. The summed E-state index contributed by atoms with van der Waals surface area (Å²) in [6.45, 7) is 6.95. The van der Waals surface area contributed by atoms with Gasteiger partial charge in [0.2, 0.25) is 0 Å². The molecule has 0 amide bonds. The molecule has 0 unspecified atom stereocenters. The first kappa shape index (κ1) is 18.3. The summed E-state index contributed by atoms with van der Waals surface area (Å²) in [6, 6.07) is 6.63. The summed E-state index contributed by atoms with van der Waals surface area (Å²) in [6.07, 6.45) is 4.07. The lowest BCUT2D eigenvalue weighted by Gasteiger charge is -2.10. The first-order chi connectivity index (χ1) is 11.1. The van der Waals surface area contributed by atoms with Crippen LogP contribution in [0.15, 0.2) is 30.5 Å².